The highest BCUT2D eigenvalue weighted by atomic mass is 16.2. The number of aryl methyl sites for hydroxylation is 2. The number of amides is 1. The van der Waals surface area contributed by atoms with E-state index >= 15 is 0 Å². The molecule has 2 aromatic carbocycles. The number of hydrogen-bond donors (Lipinski definition) is 0. The van der Waals surface area contributed by atoms with Crippen LogP contribution in [-0.2, 0) is 24.2 Å². The van der Waals surface area contributed by atoms with Crippen LogP contribution in [-0.4, -0.2) is 77.5 Å². The van der Waals surface area contributed by atoms with Gasteiger partial charge in [0.1, 0.15) is 11.6 Å². The van der Waals surface area contributed by atoms with Crippen LogP contribution in [0.3, 0.4) is 0 Å². The highest BCUT2D eigenvalue weighted by Gasteiger charge is 2.33. The molecule has 0 spiro atoms. The van der Waals surface area contributed by atoms with E-state index in [0.29, 0.717) is 32.1 Å². The van der Waals surface area contributed by atoms with Crippen molar-refractivity contribution in [1.29, 1.82) is 5.26 Å². The summed E-state index contributed by atoms with van der Waals surface area (Å²) in [6.45, 7) is 10.5. The minimum absolute atomic E-state index is 0.109. The molecule has 0 unspecified atom stereocenters. The van der Waals surface area contributed by atoms with Crippen molar-refractivity contribution in [3.8, 4) is 6.07 Å². The average molecular weight is 564 g/mol. The van der Waals surface area contributed by atoms with E-state index in [0.717, 1.165) is 56.2 Å². The van der Waals surface area contributed by atoms with Gasteiger partial charge in [-0.05, 0) is 69.3 Å². The lowest BCUT2D eigenvalue weighted by Crippen LogP contribution is -2.55. The largest absolute Gasteiger partial charge is 0.365 e. The Morgan fingerprint density at radius 2 is 1.93 bits per heavy atom. The first-order valence-electron chi connectivity index (χ1n) is 15.3. The fourth-order valence-electron chi connectivity index (χ4n) is 7.18. The molecule has 8 heteroatoms. The molecule has 2 atom stereocenters. The third-order valence-electron chi connectivity index (χ3n) is 9.46. The highest BCUT2D eigenvalue weighted by molar-refractivity contribution is 5.97. The number of anilines is 2. The van der Waals surface area contributed by atoms with Gasteiger partial charge in [0.2, 0.25) is 5.91 Å². The lowest BCUT2D eigenvalue weighted by molar-refractivity contribution is -0.128. The van der Waals surface area contributed by atoms with Gasteiger partial charge in [-0.3, -0.25) is 4.79 Å². The topological polar surface area (TPSA) is 79.6 Å². The van der Waals surface area contributed by atoms with Gasteiger partial charge in [0.05, 0.1) is 30.8 Å². The Hall–Kier alpha value is -3.96. The van der Waals surface area contributed by atoms with Crippen molar-refractivity contribution in [2.24, 2.45) is 0 Å². The molecule has 2 fully saturated rings. The molecule has 0 radical (unpaired) electrons. The van der Waals surface area contributed by atoms with Crippen molar-refractivity contribution in [1.82, 2.24) is 19.8 Å². The number of piperazine rings is 1. The minimum Gasteiger partial charge on any atom is -0.365 e. The molecule has 1 amide bonds. The lowest BCUT2D eigenvalue weighted by Gasteiger charge is -2.42. The van der Waals surface area contributed by atoms with Gasteiger partial charge in [-0.1, -0.05) is 36.9 Å². The number of hydrogen-bond acceptors (Lipinski definition) is 7. The quantitative estimate of drug-likeness (QED) is 0.388. The van der Waals surface area contributed by atoms with E-state index in [-0.39, 0.29) is 11.9 Å². The third kappa shape index (κ3) is 5.46. The summed E-state index contributed by atoms with van der Waals surface area (Å²) >= 11 is 0. The van der Waals surface area contributed by atoms with Gasteiger partial charge in [0, 0.05) is 55.3 Å². The summed E-state index contributed by atoms with van der Waals surface area (Å²) in [5.74, 6) is 1.79. The number of nitrogens with zero attached hydrogens (tertiary/aromatic N) is 7. The van der Waals surface area contributed by atoms with Crippen LogP contribution in [0.4, 0.5) is 11.5 Å². The lowest BCUT2D eigenvalue weighted by atomic mass is 9.99. The van der Waals surface area contributed by atoms with Crippen LogP contribution in [0.15, 0.2) is 49.1 Å². The Morgan fingerprint density at radius 1 is 1.10 bits per heavy atom. The van der Waals surface area contributed by atoms with Crippen molar-refractivity contribution >= 4 is 28.2 Å². The fourth-order valence-corrected chi connectivity index (χ4v) is 7.18. The zero-order chi connectivity index (χ0) is 29.2. The number of nitriles is 1. The smallest absolute Gasteiger partial charge is 0.246 e. The van der Waals surface area contributed by atoms with Gasteiger partial charge in [-0.25, -0.2) is 9.97 Å². The van der Waals surface area contributed by atoms with Crippen molar-refractivity contribution < 1.29 is 4.79 Å². The molecular weight excluding hydrogens is 522 g/mol. The van der Waals surface area contributed by atoms with Crippen molar-refractivity contribution in [2.75, 3.05) is 49.6 Å². The summed E-state index contributed by atoms with van der Waals surface area (Å²) in [6, 6.07) is 15.8. The van der Waals surface area contributed by atoms with Gasteiger partial charge >= 0.3 is 0 Å². The van der Waals surface area contributed by atoms with Gasteiger partial charge in [0.25, 0.3) is 0 Å². The summed E-state index contributed by atoms with van der Waals surface area (Å²) in [6.07, 6.45) is 6.89. The van der Waals surface area contributed by atoms with Crippen LogP contribution in [0.5, 0.6) is 0 Å². The van der Waals surface area contributed by atoms with Crippen LogP contribution < -0.4 is 9.80 Å². The maximum absolute atomic E-state index is 12.6. The van der Waals surface area contributed by atoms with E-state index in [1.165, 1.54) is 46.5 Å². The van der Waals surface area contributed by atoms with E-state index in [2.05, 4.69) is 77.7 Å². The number of likely N-dealkylation sites (tertiary alicyclic amines) is 1. The maximum atomic E-state index is 12.6. The molecule has 3 aliphatic rings. The average Bonchev–Trinajstić information content (AvgIpc) is 3.43. The molecule has 42 heavy (non-hydrogen) atoms. The minimum atomic E-state index is -0.186. The van der Waals surface area contributed by atoms with Crippen LogP contribution in [0, 0.1) is 18.3 Å². The Labute approximate surface area is 249 Å². The molecule has 3 aliphatic heterocycles. The molecule has 0 saturated carbocycles. The van der Waals surface area contributed by atoms with E-state index < -0.39 is 0 Å². The first kappa shape index (κ1) is 28.2. The molecule has 1 aromatic heterocycles. The fraction of sp³-hybridized carbons (Fsp3) is 0.471. The molecule has 0 bridgehead atoms. The Morgan fingerprint density at radius 3 is 2.69 bits per heavy atom. The molecule has 0 N–H and O–H groups in total. The van der Waals surface area contributed by atoms with Gasteiger partial charge in [0.15, 0.2) is 0 Å². The van der Waals surface area contributed by atoms with Gasteiger partial charge in [-0.15, -0.1) is 0 Å². The third-order valence-corrected chi connectivity index (χ3v) is 9.46. The van der Waals surface area contributed by atoms with E-state index in [4.69, 9.17) is 9.97 Å². The molecular formula is C34H41N7O. The molecule has 2 saturated heterocycles. The summed E-state index contributed by atoms with van der Waals surface area (Å²) < 4.78 is 0. The number of fused-ring (bicyclic) bond motifs is 2. The van der Waals surface area contributed by atoms with Crippen LogP contribution >= 0.6 is 0 Å². The maximum Gasteiger partial charge on any atom is 0.246 e. The number of carbonyl (C=O) groups is 1. The summed E-state index contributed by atoms with van der Waals surface area (Å²) in [4.78, 5) is 32.0. The first-order valence-corrected chi connectivity index (χ1v) is 15.3. The highest BCUT2D eigenvalue weighted by Crippen LogP contribution is 2.35. The molecule has 8 nitrogen and oxygen atoms in total. The zero-order valence-corrected chi connectivity index (χ0v) is 24.9. The Bertz CT molecular complexity index is 1520. The normalized spacial score (nSPS) is 20.9. The first-order chi connectivity index (χ1) is 20.5. The predicted molar refractivity (Wildman–Crippen MR) is 168 cm³/mol. The second-order valence-corrected chi connectivity index (χ2v) is 12.0. The number of benzene rings is 2. The summed E-state index contributed by atoms with van der Waals surface area (Å²) in [5.41, 5.74) is 4.86. The van der Waals surface area contributed by atoms with Crippen LogP contribution in [0.1, 0.15) is 48.3 Å². The second-order valence-electron chi connectivity index (χ2n) is 12.0. The van der Waals surface area contributed by atoms with E-state index in [9.17, 15) is 10.1 Å². The predicted octanol–water partition coefficient (Wildman–Crippen LogP) is 4.64. The number of aromatic nitrogens is 2. The standard InChI is InChI=1S/C34H41N7O/c1-4-32(42)41-21-20-40(22-27(41)15-17-35)34-28-16-19-39(30-12-6-10-25-9-5-8-24(2)33(25)30)23-29(28)36-31(37-34)14-13-26-11-7-18-38(26)3/h4-6,8-10,12,26-27H,1,7,11,13-16,18-23H2,2-3H3/t26-,27+/m1/s1. The molecule has 3 aromatic rings. The molecule has 0 aliphatic carbocycles. The van der Waals surface area contributed by atoms with Crippen LogP contribution in [0.2, 0.25) is 0 Å². The molecule has 6 rings (SSSR count). The second kappa shape index (κ2) is 12.1. The van der Waals surface area contributed by atoms with E-state index in [1.54, 1.807) is 4.90 Å². The summed E-state index contributed by atoms with van der Waals surface area (Å²) in [7, 11) is 2.22. The van der Waals surface area contributed by atoms with Crippen molar-refractivity contribution in [2.45, 2.75) is 64.1 Å². The van der Waals surface area contributed by atoms with E-state index in [1.807, 2.05) is 0 Å². The molecule has 4 heterocycles. The number of carbonyl (C=O) groups excluding carboxylic acids is 1. The van der Waals surface area contributed by atoms with Gasteiger partial charge in [-0.2, -0.15) is 5.26 Å². The Balaban J connectivity index is 1.34. The monoisotopic (exact) mass is 563 g/mol. The molecule has 218 valence electrons. The van der Waals surface area contributed by atoms with Crippen molar-refractivity contribution in [3.63, 3.8) is 0 Å². The number of rotatable bonds is 7. The van der Waals surface area contributed by atoms with Crippen LogP contribution in [0.25, 0.3) is 10.8 Å². The Kier molecular flexibility index (Phi) is 8.12. The summed E-state index contributed by atoms with van der Waals surface area (Å²) in [5, 5.41) is 12.1. The van der Waals surface area contributed by atoms with Crippen molar-refractivity contribution in [3.05, 3.63) is 71.7 Å². The zero-order valence-electron chi connectivity index (χ0n) is 24.9. The SMILES string of the molecule is C=CC(=O)N1CCN(c2nc(CC[C@H]3CCCN3C)nc3c2CCN(c2cccc4cccc(C)c24)C3)C[C@@H]1CC#N. The van der Waals surface area contributed by atoms with Gasteiger partial charge < -0.3 is 19.6 Å².